The Bertz CT molecular complexity index is 328. The minimum absolute atomic E-state index is 0.406. The Morgan fingerprint density at radius 3 is 1.91 bits per heavy atom. The van der Waals surface area contributed by atoms with Crippen LogP contribution < -0.4 is 0 Å². The van der Waals surface area contributed by atoms with Crippen molar-refractivity contribution < 1.29 is 4.74 Å². The molecule has 134 valence electrons. The number of morpholine rings is 1. The highest BCUT2D eigenvalue weighted by atomic mass is 16.5. The molecule has 2 atom stereocenters. The van der Waals surface area contributed by atoms with Crippen LogP contribution in [0.5, 0.6) is 0 Å². The van der Waals surface area contributed by atoms with Gasteiger partial charge in [0.05, 0.1) is 12.2 Å². The van der Waals surface area contributed by atoms with Gasteiger partial charge in [0.1, 0.15) is 0 Å². The van der Waals surface area contributed by atoms with Crippen LogP contribution >= 0.6 is 0 Å². The van der Waals surface area contributed by atoms with Crippen molar-refractivity contribution in [3.05, 3.63) is 0 Å². The van der Waals surface area contributed by atoms with Crippen LogP contribution in [-0.2, 0) is 4.74 Å². The lowest BCUT2D eigenvalue weighted by Gasteiger charge is -2.40. The SMILES string of the molecule is CC1CN(CC2CCN(CCN3CCCCC3)CC2)CC(C)O1. The van der Waals surface area contributed by atoms with Gasteiger partial charge in [-0.05, 0) is 71.6 Å². The fraction of sp³-hybridized carbons (Fsp3) is 1.00. The number of likely N-dealkylation sites (tertiary alicyclic amines) is 2. The van der Waals surface area contributed by atoms with Crippen LogP contribution in [0.2, 0.25) is 0 Å². The first-order valence-corrected chi connectivity index (χ1v) is 10.0. The molecule has 3 aliphatic heterocycles. The Morgan fingerprint density at radius 1 is 0.739 bits per heavy atom. The van der Waals surface area contributed by atoms with Gasteiger partial charge in [0.15, 0.2) is 0 Å². The molecule has 0 saturated carbocycles. The maximum atomic E-state index is 5.86. The first-order chi connectivity index (χ1) is 11.2. The zero-order valence-electron chi connectivity index (χ0n) is 15.4. The van der Waals surface area contributed by atoms with Crippen molar-refractivity contribution in [2.24, 2.45) is 5.92 Å². The maximum Gasteiger partial charge on any atom is 0.0678 e. The first-order valence-electron chi connectivity index (χ1n) is 10.0. The van der Waals surface area contributed by atoms with E-state index in [1.165, 1.54) is 77.9 Å². The average Bonchev–Trinajstić information content (AvgIpc) is 2.54. The first kappa shape index (κ1) is 17.7. The minimum atomic E-state index is 0.406. The summed E-state index contributed by atoms with van der Waals surface area (Å²) < 4.78 is 5.86. The Morgan fingerprint density at radius 2 is 1.30 bits per heavy atom. The molecule has 0 bridgehead atoms. The molecule has 23 heavy (non-hydrogen) atoms. The highest BCUT2D eigenvalue weighted by molar-refractivity contribution is 4.80. The fourth-order valence-electron chi connectivity index (χ4n) is 4.66. The highest BCUT2D eigenvalue weighted by Crippen LogP contribution is 2.21. The summed E-state index contributed by atoms with van der Waals surface area (Å²) in [5.41, 5.74) is 0. The molecule has 0 spiro atoms. The molecule has 0 aromatic rings. The van der Waals surface area contributed by atoms with Gasteiger partial charge in [-0.25, -0.2) is 0 Å². The summed E-state index contributed by atoms with van der Waals surface area (Å²) in [6.07, 6.45) is 7.87. The standard InChI is InChI=1S/C19H37N3O/c1-17-14-22(15-18(2)23-17)16-19-6-10-21(11-7-19)13-12-20-8-4-3-5-9-20/h17-19H,3-16H2,1-2H3. The molecule has 0 aliphatic carbocycles. The largest absolute Gasteiger partial charge is 0.373 e. The van der Waals surface area contributed by atoms with Crippen molar-refractivity contribution in [2.45, 2.75) is 58.2 Å². The van der Waals surface area contributed by atoms with E-state index in [2.05, 4.69) is 28.5 Å². The summed E-state index contributed by atoms with van der Waals surface area (Å²) >= 11 is 0. The van der Waals surface area contributed by atoms with E-state index in [0.717, 1.165) is 19.0 Å². The lowest BCUT2D eigenvalue weighted by molar-refractivity contribution is -0.0731. The topological polar surface area (TPSA) is 19.0 Å². The molecule has 4 nitrogen and oxygen atoms in total. The molecule has 3 rings (SSSR count). The molecule has 3 fully saturated rings. The Balaban J connectivity index is 1.32. The fourth-order valence-corrected chi connectivity index (χ4v) is 4.66. The summed E-state index contributed by atoms with van der Waals surface area (Å²) in [4.78, 5) is 8.02. The molecule has 0 amide bonds. The van der Waals surface area contributed by atoms with Gasteiger partial charge in [-0.3, -0.25) is 4.90 Å². The van der Waals surface area contributed by atoms with Gasteiger partial charge in [-0.15, -0.1) is 0 Å². The lowest BCUT2D eigenvalue weighted by Crippen LogP contribution is -2.48. The summed E-state index contributed by atoms with van der Waals surface area (Å²) in [6.45, 7) is 15.9. The third-order valence-corrected chi connectivity index (χ3v) is 5.90. The quantitative estimate of drug-likeness (QED) is 0.773. The second-order valence-corrected chi connectivity index (χ2v) is 8.16. The molecular weight excluding hydrogens is 286 g/mol. The van der Waals surface area contributed by atoms with Crippen LogP contribution in [0.15, 0.2) is 0 Å². The minimum Gasteiger partial charge on any atom is -0.373 e. The van der Waals surface area contributed by atoms with E-state index in [1.54, 1.807) is 0 Å². The molecule has 2 unspecified atom stereocenters. The third kappa shape index (κ3) is 5.70. The van der Waals surface area contributed by atoms with Crippen molar-refractivity contribution in [2.75, 3.05) is 58.9 Å². The van der Waals surface area contributed by atoms with Crippen LogP contribution in [0.1, 0.15) is 46.0 Å². The van der Waals surface area contributed by atoms with Gasteiger partial charge in [0, 0.05) is 32.7 Å². The molecule has 3 saturated heterocycles. The van der Waals surface area contributed by atoms with Crippen molar-refractivity contribution >= 4 is 0 Å². The van der Waals surface area contributed by atoms with Crippen molar-refractivity contribution in [1.29, 1.82) is 0 Å². The second kappa shape index (κ2) is 8.80. The Labute approximate surface area is 143 Å². The normalized spacial score (nSPS) is 33.1. The monoisotopic (exact) mass is 323 g/mol. The van der Waals surface area contributed by atoms with Gasteiger partial charge < -0.3 is 14.5 Å². The number of rotatable bonds is 5. The predicted molar refractivity (Wildman–Crippen MR) is 95.9 cm³/mol. The maximum absolute atomic E-state index is 5.86. The van der Waals surface area contributed by atoms with Crippen LogP contribution in [-0.4, -0.2) is 85.8 Å². The number of hydrogen-bond acceptors (Lipinski definition) is 4. The molecular formula is C19H37N3O. The van der Waals surface area contributed by atoms with E-state index in [-0.39, 0.29) is 0 Å². The van der Waals surface area contributed by atoms with E-state index in [4.69, 9.17) is 4.74 Å². The summed E-state index contributed by atoms with van der Waals surface area (Å²) in [5, 5.41) is 0. The zero-order valence-corrected chi connectivity index (χ0v) is 15.4. The molecule has 0 aromatic heterocycles. The van der Waals surface area contributed by atoms with E-state index in [0.29, 0.717) is 12.2 Å². The van der Waals surface area contributed by atoms with Crippen molar-refractivity contribution in [3.8, 4) is 0 Å². The number of piperidine rings is 2. The highest BCUT2D eigenvalue weighted by Gasteiger charge is 2.26. The molecule has 3 heterocycles. The van der Waals surface area contributed by atoms with Gasteiger partial charge in [0.25, 0.3) is 0 Å². The molecule has 0 aromatic carbocycles. The van der Waals surface area contributed by atoms with E-state index in [1.807, 2.05) is 0 Å². The summed E-state index contributed by atoms with van der Waals surface area (Å²) in [7, 11) is 0. The van der Waals surface area contributed by atoms with Gasteiger partial charge >= 0.3 is 0 Å². The van der Waals surface area contributed by atoms with Crippen LogP contribution in [0.25, 0.3) is 0 Å². The van der Waals surface area contributed by atoms with E-state index < -0.39 is 0 Å². The van der Waals surface area contributed by atoms with Crippen LogP contribution in [0, 0.1) is 5.92 Å². The Kier molecular flexibility index (Phi) is 6.75. The zero-order chi connectivity index (χ0) is 16.1. The predicted octanol–water partition coefficient (Wildman–Crippen LogP) is 2.29. The van der Waals surface area contributed by atoms with E-state index in [9.17, 15) is 0 Å². The number of nitrogens with zero attached hydrogens (tertiary/aromatic N) is 3. The molecule has 4 heteroatoms. The Hall–Kier alpha value is -0.160. The number of hydrogen-bond donors (Lipinski definition) is 0. The van der Waals surface area contributed by atoms with Crippen LogP contribution in [0.4, 0.5) is 0 Å². The van der Waals surface area contributed by atoms with Gasteiger partial charge in [-0.2, -0.15) is 0 Å². The second-order valence-electron chi connectivity index (χ2n) is 8.16. The smallest absolute Gasteiger partial charge is 0.0678 e. The van der Waals surface area contributed by atoms with Gasteiger partial charge in [-0.1, -0.05) is 6.42 Å². The van der Waals surface area contributed by atoms with Crippen molar-refractivity contribution in [3.63, 3.8) is 0 Å². The number of ether oxygens (including phenoxy) is 1. The summed E-state index contributed by atoms with van der Waals surface area (Å²) in [5.74, 6) is 0.902. The van der Waals surface area contributed by atoms with Crippen molar-refractivity contribution in [1.82, 2.24) is 14.7 Å². The molecule has 0 radical (unpaired) electrons. The lowest BCUT2D eigenvalue weighted by atomic mass is 9.95. The van der Waals surface area contributed by atoms with E-state index >= 15 is 0 Å². The third-order valence-electron chi connectivity index (χ3n) is 5.90. The molecule has 0 N–H and O–H groups in total. The summed E-state index contributed by atoms with van der Waals surface area (Å²) in [6, 6.07) is 0. The molecule has 3 aliphatic rings. The van der Waals surface area contributed by atoms with Gasteiger partial charge in [0.2, 0.25) is 0 Å². The average molecular weight is 324 g/mol. The van der Waals surface area contributed by atoms with Crippen LogP contribution in [0.3, 0.4) is 0 Å².